The fraction of sp³-hybridized carbons (Fsp3) is 1.00. The van der Waals surface area contributed by atoms with Crippen LogP contribution >= 0.6 is 0 Å². The topological polar surface area (TPSA) is 38.0 Å². The summed E-state index contributed by atoms with van der Waals surface area (Å²) in [7, 11) is 0. The molecule has 0 saturated heterocycles. The Kier molecular flexibility index (Phi) is 7.25. The number of hydrogen-bond acceptors (Lipinski definition) is 2. The minimum atomic E-state index is 0.257. The highest BCUT2D eigenvalue weighted by Crippen LogP contribution is 2.34. The molecule has 0 atom stereocenters. The van der Waals surface area contributed by atoms with Gasteiger partial charge in [-0.2, -0.15) is 0 Å². The van der Waals surface area contributed by atoms with Gasteiger partial charge in [-0.3, -0.25) is 0 Å². The zero-order valence-electron chi connectivity index (χ0n) is 12.8. The Morgan fingerprint density at radius 3 is 2.22 bits per heavy atom. The van der Waals surface area contributed by atoms with Gasteiger partial charge in [-0.15, -0.1) is 0 Å². The quantitative estimate of drug-likeness (QED) is 0.693. The standard InChI is InChI=1S/C16H34N2/c1-4-7-15-8-10-16(13-17,11-9-15)18-12-14(5-2)6-3/h14-15,18H,4-13,17H2,1-3H3. The van der Waals surface area contributed by atoms with Gasteiger partial charge in [-0.25, -0.2) is 0 Å². The summed E-state index contributed by atoms with van der Waals surface area (Å²) in [6.07, 6.45) is 10.6. The van der Waals surface area contributed by atoms with Gasteiger partial charge in [0.15, 0.2) is 0 Å². The van der Waals surface area contributed by atoms with E-state index in [2.05, 4.69) is 26.1 Å². The lowest BCUT2D eigenvalue weighted by molar-refractivity contribution is 0.178. The van der Waals surface area contributed by atoms with Crippen molar-refractivity contribution in [1.29, 1.82) is 0 Å². The van der Waals surface area contributed by atoms with Crippen LogP contribution in [0.25, 0.3) is 0 Å². The maximum atomic E-state index is 6.06. The molecule has 1 aliphatic rings. The molecule has 0 bridgehead atoms. The zero-order chi connectivity index (χ0) is 13.4. The van der Waals surface area contributed by atoms with Crippen LogP contribution in [0.1, 0.15) is 72.1 Å². The molecule has 0 heterocycles. The number of nitrogens with two attached hydrogens (primary N) is 1. The fourth-order valence-corrected chi connectivity index (χ4v) is 3.32. The molecule has 2 nitrogen and oxygen atoms in total. The van der Waals surface area contributed by atoms with E-state index < -0.39 is 0 Å². The van der Waals surface area contributed by atoms with Crippen molar-refractivity contribution in [2.24, 2.45) is 17.6 Å². The second kappa shape index (κ2) is 8.16. The molecule has 0 radical (unpaired) electrons. The SMILES string of the molecule is CCCC1CCC(CN)(NCC(CC)CC)CC1. The molecular weight excluding hydrogens is 220 g/mol. The third kappa shape index (κ3) is 4.55. The van der Waals surface area contributed by atoms with Crippen LogP contribution in [-0.2, 0) is 0 Å². The molecule has 1 saturated carbocycles. The van der Waals surface area contributed by atoms with Gasteiger partial charge < -0.3 is 11.1 Å². The highest BCUT2D eigenvalue weighted by atomic mass is 15.0. The van der Waals surface area contributed by atoms with E-state index >= 15 is 0 Å². The van der Waals surface area contributed by atoms with Crippen molar-refractivity contribution < 1.29 is 0 Å². The predicted octanol–water partition coefficient (Wildman–Crippen LogP) is 3.70. The van der Waals surface area contributed by atoms with E-state index in [1.54, 1.807) is 0 Å². The molecule has 0 amide bonds. The summed E-state index contributed by atoms with van der Waals surface area (Å²) in [5.41, 5.74) is 6.32. The van der Waals surface area contributed by atoms with E-state index in [0.717, 1.165) is 24.9 Å². The lowest BCUT2D eigenvalue weighted by Crippen LogP contribution is -2.54. The summed E-state index contributed by atoms with van der Waals surface area (Å²) in [4.78, 5) is 0. The van der Waals surface area contributed by atoms with Gasteiger partial charge in [0, 0.05) is 12.1 Å². The van der Waals surface area contributed by atoms with E-state index in [9.17, 15) is 0 Å². The smallest absolute Gasteiger partial charge is 0.0304 e. The molecule has 2 heteroatoms. The zero-order valence-corrected chi connectivity index (χ0v) is 12.8. The molecule has 1 fully saturated rings. The van der Waals surface area contributed by atoms with Crippen molar-refractivity contribution in [3.05, 3.63) is 0 Å². The molecule has 0 aliphatic heterocycles. The van der Waals surface area contributed by atoms with E-state index in [-0.39, 0.29) is 5.54 Å². The van der Waals surface area contributed by atoms with E-state index in [0.29, 0.717) is 0 Å². The van der Waals surface area contributed by atoms with Gasteiger partial charge in [-0.05, 0) is 44.1 Å². The summed E-state index contributed by atoms with van der Waals surface area (Å²) in [6.45, 7) is 8.86. The molecule has 0 aromatic rings. The fourth-order valence-electron chi connectivity index (χ4n) is 3.32. The Morgan fingerprint density at radius 2 is 1.78 bits per heavy atom. The minimum absolute atomic E-state index is 0.257. The van der Waals surface area contributed by atoms with Crippen LogP contribution in [0.2, 0.25) is 0 Å². The summed E-state index contributed by atoms with van der Waals surface area (Å²) in [5.74, 6) is 1.78. The van der Waals surface area contributed by atoms with Crippen LogP contribution in [0.3, 0.4) is 0 Å². The van der Waals surface area contributed by atoms with E-state index in [4.69, 9.17) is 5.73 Å². The number of rotatable bonds is 8. The van der Waals surface area contributed by atoms with Crippen LogP contribution in [0.4, 0.5) is 0 Å². The Balaban J connectivity index is 2.40. The maximum absolute atomic E-state index is 6.06. The average Bonchev–Trinajstić information content (AvgIpc) is 2.42. The Morgan fingerprint density at radius 1 is 1.17 bits per heavy atom. The van der Waals surface area contributed by atoms with Gasteiger partial charge in [0.1, 0.15) is 0 Å². The van der Waals surface area contributed by atoms with Crippen molar-refractivity contribution >= 4 is 0 Å². The molecule has 1 rings (SSSR count). The molecule has 0 unspecified atom stereocenters. The Labute approximate surface area is 114 Å². The third-order valence-electron chi connectivity index (χ3n) is 5.07. The summed E-state index contributed by atoms with van der Waals surface area (Å²) < 4.78 is 0. The van der Waals surface area contributed by atoms with Crippen LogP contribution in [0.15, 0.2) is 0 Å². The summed E-state index contributed by atoms with van der Waals surface area (Å²) >= 11 is 0. The monoisotopic (exact) mass is 254 g/mol. The summed E-state index contributed by atoms with van der Waals surface area (Å²) in [5, 5.41) is 3.82. The summed E-state index contributed by atoms with van der Waals surface area (Å²) in [6, 6.07) is 0. The van der Waals surface area contributed by atoms with Crippen LogP contribution in [0, 0.1) is 11.8 Å². The number of hydrogen-bond donors (Lipinski definition) is 2. The third-order valence-corrected chi connectivity index (χ3v) is 5.07. The van der Waals surface area contributed by atoms with E-state index in [1.165, 1.54) is 51.4 Å². The van der Waals surface area contributed by atoms with Gasteiger partial charge in [0.25, 0.3) is 0 Å². The van der Waals surface area contributed by atoms with Crippen molar-refractivity contribution in [3.63, 3.8) is 0 Å². The van der Waals surface area contributed by atoms with Gasteiger partial charge in [0.05, 0.1) is 0 Å². The molecule has 3 N–H and O–H groups in total. The second-order valence-electron chi connectivity index (χ2n) is 6.28. The van der Waals surface area contributed by atoms with Crippen molar-refractivity contribution in [2.45, 2.75) is 77.7 Å². The first-order valence-corrected chi connectivity index (χ1v) is 8.14. The normalized spacial score (nSPS) is 28.8. The molecule has 0 aromatic carbocycles. The van der Waals surface area contributed by atoms with Gasteiger partial charge >= 0.3 is 0 Å². The molecular formula is C16H34N2. The molecule has 0 aromatic heterocycles. The Hall–Kier alpha value is -0.0800. The van der Waals surface area contributed by atoms with Gasteiger partial charge in [-0.1, -0.05) is 46.5 Å². The average molecular weight is 254 g/mol. The highest BCUT2D eigenvalue weighted by Gasteiger charge is 2.33. The first-order chi connectivity index (χ1) is 8.69. The van der Waals surface area contributed by atoms with Crippen LogP contribution < -0.4 is 11.1 Å². The number of nitrogens with one attached hydrogen (secondary N) is 1. The molecule has 1 aliphatic carbocycles. The van der Waals surface area contributed by atoms with Gasteiger partial charge in [0.2, 0.25) is 0 Å². The second-order valence-corrected chi connectivity index (χ2v) is 6.28. The lowest BCUT2D eigenvalue weighted by Gasteiger charge is -2.41. The highest BCUT2D eigenvalue weighted by molar-refractivity contribution is 4.94. The maximum Gasteiger partial charge on any atom is 0.0304 e. The van der Waals surface area contributed by atoms with Crippen molar-refractivity contribution in [1.82, 2.24) is 5.32 Å². The minimum Gasteiger partial charge on any atom is -0.329 e. The molecule has 108 valence electrons. The first-order valence-electron chi connectivity index (χ1n) is 8.14. The van der Waals surface area contributed by atoms with E-state index in [1.807, 2.05) is 0 Å². The van der Waals surface area contributed by atoms with Crippen molar-refractivity contribution in [2.75, 3.05) is 13.1 Å². The van der Waals surface area contributed by atoms with Crippen molar-refractivity contribution in [3.8, 4) is 0 Å². The lowest BCUT2D eigenvalue weighted by atomic mass is 9.75. The molecule has 18 heavy (non-hydrogen) atoms. The Bertz CT molecular complexity index is 203. The predicted molar refractivity (Wildman–Crippen MR) is 80.7 cm³/mol. The molecule has 0 spiro atoms. The first kappa shape index (κ1) is 16.0. The van der Waals surface area contributed by atoms with Crippen LogP contribution in [0.5, 0.6) is 0 Å². The largest absolute Gasteiger partial charge is 0.329 e. The van der Waals surface area contributed by atoms with Crippen LogP contribution in [-0.4, -0.2) is 18.6 Å².